The third-order valence-electron chi connectivity index (χ3n) is 3.31. The molecule has 0 bridgehead atoms. The lowest BCUT2D eigenvalue weighted by atomic mass is 9.96. The van der Waals surface area contributed by atoms with Crippen LogP contribution in [0.25, 0.3) is 0 Å². The van der Waals surface area contributed by atoms with Crippen molar-refractivity contribution in [2.45, 2.75) is 26.4 Å². The first kappa shape index (κ1) is 13.4. The normalized spacial score (nSPS) is 17.0. The van der Waals surface area contributed by atoms with Crippen LogP contribution in [-0.4, -0.2) is 23.1 Å². The van der Waals surface area contributed by atoms with Gasteiger partial charge in [0.25, 0.3) is 5.91 Å². The predicted octanol–water partition coefficient (Wildman–Crippen LogP) is 2.01. The first-order valence-corrected chi connectivity index (χ1v) is 6.57. The van der Waals surface area contributed by atoms with Crippen LogP contribution in [0.5, 0.6) is 0 Å². The fraction of sp³-hybridized carbons (Fsp3) is 0.267. The van der Waals surface area contributed by atoms with Gasteiger partial charge in [-0.25, -0.2) is 4.79 Å². The minimum Gasteiger partial charge on any atom is -0.448 e. The van der Waals surface area contributed by atoms with Gasteiger partial charge in [-0.05, 0) is 25.5 Å². The average Bonchev–Trinajstić information content (AvgIpc) is 2.83. The second kappa shape index (κ2) is 5.05. The second-order valence-corrected chi connectivity index (χ2v) is 5.07. The van der Waals surface area contributed by atoms with Crippen LogP contribution in [0.2, 0.25) is 0 Å². The van der Waals surface area contributed by atoms with Gasteiger partial charge in [0.05, 0.1) is 5.56 Å². The van der Waals surface area contributed by atoms with E-state index < -0.39 is 18.0 Å². The number of carbonyl (C=O) groups excluding carboxylic acids is 2. The Labute approximate surface area is 121 Å². The van der Waals surface area contributed by atoms with Crippen molar-refractivity contribution in [3.63, 3.8) is 0 Å². The number of anilines is 1. The SMILES string of the molecule is Cc1ccc2c(c1)CC(C(=O)Nc1cc(C)on1)OC2=O. The molecule has 6 nitrogen and oxygen atoms in total. The van der Waals surface area contributed by atoms with Crippen molar-refractivity contribution < 1.29 is 18.8 Å². The molecule has 0 saturated carbocycles. The van der Waals surface area contributed by atoms with E-state index in [-0.39, 0.29) is 0 Å². The highest BCUT2D eigenvalue weighted by Crippen LogP contribution is 2.22. The number of rotatable bonds is 2. The van der Waals surface area contributed by atoms with Gasteiger partial charge >= 0.3 is 5.97 Å². The van der Waals surface area contributed by atoms with E-state index >= 15 is 0 Å². The van der Waals surface area contributed by atoms with E-state index in [4.69, 9.17) is 9.26 Å². The first-order valence-electron chi connectivity index (χ1n) is 6.57. The molecule has 1 amide bonds. The molecule has 21 heavy (non-hydrogen) atoms. The highest BCUT2D eigenvalue weighted by Gasteiger charge is 2.31. The third kappa shape index (κ3) is 2.65. The number of amides is 1. The standard InChI is InChI=1S/C15H14N2O4/c1-8-3-4-11-10(5-8)7-12(20-15(11)19)14(18)16-13-6-9(2)21-17-13/h3-6,12H,7H2,1-2H3,(H,16,17,18). The lowest BCUT2D eigenvalue weighted by molar-refractivity contribution is -0.125. The molecular weight excluding hydrogens is 272 g/mol. The Balaban J connectivity index is 1.78. The summed E-state index contributed by atoms with van der Waals surface area (Å²) in [6, 6.07) is 7.07. The Morgan fingerprint density at radius 1 is 1.33 bits per heavy atom. The van der Waals surface area contributed by atoms with E-state index in [1.807, 2.05) is 19.1 Å². The molecular formula is C15H14N2O4. The fourth-order valence-corrected chi connectivity index (χ4v) is 2.30. The van der Waals surface area contributed by atoms with Crippen molar-refractivity contribution in [2.24, 2.45) is 0 Å². The number of esters is 1. The number of nitrogens with zero attached hydrogens (tertiary/aromatic N) is 1. The molecule has 0 radical (unpaired) electrons. The Morgan fingerprint density at radius 2 is 2.14 bits per heavy atom. The minimum absolute atomic E-state index is 0.309. The zero-order valence-corrected chi connectivity index (χ0v) is 11.7. The van der Waals surface area contributed by atoms with Crippen molar-refractivity contribution >= 4 is 17.7 Å². The van der Waals surface area contributed by atoms with Crippen molar-refractivity contribution in [1.29, 1.82) is 0 Å². The van der Waals surface area contributed by atoms with Gasteiger partial charge in [-0.15, -0.1) is 0 Å². The molecule has 1 N–H and O–H groups in total. The third-order valence-corrected chi connectivity index (χ3v) is 3.31. The van der Waals surface area contributed by atoms with Crippen LogP contribution >= 0.6 is 0 Å². The Kier molecular flexibility index (Phi) is 3.21. The molecule has 2 heterocycles. The van der Waals surface area contributed by atoms with E-state index in [1.165, 1.54) is 0 Å². The van der Waals surface area contributed by atoms with Crippen molar-refractivity contribution in [3.8, 4) is 0 Å². The van der Waals surface area contributed by atoms with Crippen LogP contribution in [0.3, 0.4) is 0 Å². The van der Waals surface area contributed by atoms with Gasteiger partial charge in [-0.1, -0.05) is 22.9 Å². The molecule has 1 aromatic carbocycles. The maximum atomic E-state index is 12.1. The zero-order chi connectivity index (χ0) is 15.0. The summed E-state index contributed by atoms with van der Waals surface area (Å²) in [5.74, 6) is 0.00652. The predicted molar refractivity (Wildman–Crippen MR) is 74.0 cm³/mol. The highest BCUT2D eigenvalue weighted by atomic mass is 16.5. The smallest absolute Gasteiger partial charge is 0.339 e. The molecule has 1 aliphatic rings. The molecule has 108 valence electrons. The molecule has 0 spiro atoms. The lowest BCUT2D eigenvalue weighted by Gasteiger charge is -2.23. The Morgan fingerprint density at radius 3 is 2.86 bits per heavy atom. The highest BCUT2D eigenvalue weighted by molar-refractivity contribution is 5.99. The van der Waals surface area contributed by atoms with Crippen LogP contribution < -0.4 is 5.32 Å². The number of aromatic nitrogens is 1. The Bertz CT molecular complexity index is 720. The largest absolute Gasteiger partial charge is 0.448 e. The molecule has 3 rings (SSSR count). The number of cyclic esters (lactones) is 1. The topological polar surface area (TPSA) is 81.4 Å². The van der Waals surface area contributed by atoms with E-state index in [0.717, 1.165) is 11.1 Å². The summed E-state index contributed by atoms with van der Waals surface area (Å²) in [6.45, 7) is 3.66. The Hall–Kier alpha value is -2.63. The van der Waals surface area contributed by atoms with Crippen molar-refractivity contribution in [1.82, 2.24) is 5.16 Å². The number of carbonyl (C=O) groups is 2. The quantitative estimate of drug-likeness (QED) is 0.854. The van der Waals surface area contributed by atoms with E-state index in [0.29, 0.717) is 23.6 Å². The molecule has 2 aromatic rings. The van der Waals surface area contributed by atoms with Crippen molar-refractivity contribution in [2.75, 3.05) is 5.32 Å². The van der Waals surface area contributed by atoms with Crippen LogP contribution in [0.4, 0.5) is 5.82 Å². The average molecular weight is 286 g/mol. The van der Waals surface area contributed by atoms with Crippen molar-refractivity contribution in [3.05, 3.63) is 46.7 Å². The van der Waals surface area contributed by atoms with Gasteiger partial charge in [0, 0.05) is 12.5 Å². The van der Waals surface area contributed by atoms with Gasteiger partial charge in [0.1, 0.15) is 5.76 Å². The van der Waals surface area contributed by atoms with Gasteiger partial charge in [0.2, 0.25) is 0 Å². The fourth-order valence-electron chi connectivity index (χ4n) is 2.30. The number of aryl methyl sites for hydroxylation is 2. The molecule has 6 heteroatoms. The number of hydrogen-bond donors (Lipinski definition) is 1. The maximum Gasteiger partial charge on any atom is 0.339 e. The summed E-state index contributed by atoms with van der Waals surface area (Å²) in [7, 11) is 0. The first-order chi connectivity index (χ1) is 10.0. The molecule has 1 atom stereocenters. The number of nitrogens with one attached hydrogen (secondary N) is 1. The van der Waals surface area contributed by atoms with Gasteiger partial charge < -0.3 is 14.6 Å². The molecule has 0 saturated heterocycles. The van der Waals surface area contributed by atoms with Gasteiger partial charge in [0.15, 0.2) is 11.9 Å². The summed E-state index contributed by atoms with van der Waals surface area (Å²) < 4.78 is 10.1. The zero-order valence-electron chi connectivity index (χ0n) is 11.7. The van der Waals surface area contributed by atoms with E-state index in [1.54, 1.807) is 19.1 Å². The van der Waals surface area contributed by atoms with E-state index in [9.17, 15) is 9.59 Å². The van der Waals surface area contributed by atoms with Crippen LogP contribution in [0.1, 0.15) is 27.2 Å². The van der Waals surface area contributed by atoms with Crippen LogP contribution in [0.15, 0.2) is 28.8 Å². The molecule has 0 aliphatic carbocycles. The number of fused-ring (bicyclic) bond motifs is 1. The summed E-state index contributed by atoms with van der Waals surface area (Å²) in [5, 5.41) is 6.26. The molecule has 1 unspecified atom stereocenters. The minimum atomic E-state index is -0.858. The van der Waals surface area contributed by atoms with E-state index in [2.05, 4.69) is 10.5 Å². The summed E-state index contributed by atoms with van der Waals surface area (Å²) in [6.07, 6.45) is -0.505. The second-order valence-electron chi connectivity index (χ2n) is 5.07. The summed E-state index contributed by atoms with van der Waals surface area (Å²) in [5.41, 5.74) is 2.37. The lowest BCUT2D eigenvalue weighted by Crippen LogP contribution is -2.38. The van der Waals surface area contributed by atoms with Gasteiger partial charge in [-0.2, -0.15) is 0 Å². The number of hydrogen-bond acceptors (Lipinski definition) is 5. The summed E-state index contributed by atoms with van der Waals surface area (Å²) >= 11 is 0. The van der Waals surface area contributed by atoms with Crippen LogP contribution in [-0.2, 0) is 16.0 Å². The monoisotopic (exact) mass is 286 g/mol. The number of benzene rings is 1. The molecule has 1 aromatic heterocycles. The molecule has 1 aliphatic heterocycles. The summed E-state index contributed by atoms with van der Waals surface area (Å²) in [4.78, 5) is 24.1. The number of ether oxygens (including phenoxy) is 1. The van der Waals surface area contributed by atoms with Crippen LogP contribution in [0, 0.1) is 13.8 Å². The van der Waals surface area contributed by atoms with Gasteiger partial charge in [-0.3, -0.25) is 4.79 Å². The maximum absolute atomic E-state index is 12.1. The molecule has 0 fully saturated rings.